The maximum Gasteiger partial charge on any atom is 0.217 e. The smallest absolute Gasteiger partial charge is 0.217 e. The van der Waals surface area contributed by atoms with E-state index in [2.05, 4.69) is 0 Å². The van der Waals surface area contributed by atoms with Gasteiger partial charge in [0.2, 0.25) is 10.0 Å². The summed E-state index contributed by atoms with van der Waals surface area (Å²) in [5.74, 6) is 0. The Bertz CT molecular complexity index is 290. The molecule has 0 aromatic carbocycles. The van der Waals surface area contributed by atoms with Crippen LogP contribution in [0.25, 0.3) is 0 Å². The Hall–Kier alpha value is -0.130. The molecular formula is C9H18N2O2S. The molecule has 2 rings (SSSR count). The number of hydrogen-bond donors (Lipinski definition) is 1. The SMILES string of the molecule is NC1CN(S(=O)(=O)C2CCCCC2)C1. The zero-order chi connectivity index (χ0) is 10.2. The Morgan fingerprint density at radius 2 is 1.64 bits per heavy atom. The molecule has 1 aliphatic heterocycles. The molecule has 0 radical (unpaired) electrons. The van der Waals surface area contributed by atoms with Crippen LogP contribution in [0.3, 0.4) is 0 Å². The molecule has 1 saturated heterocycles. The third kappa shape index (κ3) is 1.81. The van der Waals surface area contributed by atoms with Crippen molar-refractivity contribution in [2.24, 2.45) is 5.73 Å². The summed E-state index contributed by atoms with van der Waals surface area (Å²) in [6.07, 6.45) is 4.99. The fourth-order valence-electron chi connectivity index (χ4n) is 2.25. The lowest BCUT2D eigenvalue weighted by Crippen LogP contribution is -2.59. The van der Waals surface area contributed by atoms with Crippen LogP contribution in [-0.4, -0.2) is 37.1 Å². The summed E-state index contributed by atoms with van der Waals surface area (Å²) in [6, 6.07) is 0.0633. The Labute approximate surface area is 85.5 Å². The summed E-state index contributed by atoms with van der Waals surface area (Å²) in [7, 11) is -3.00. The fourth-order valence-corrected chi connectivity index (χ4v) is 4.40. The molecule has 1 saturated carbocycles. The second-order valence-electron chi connectivity index (χ2n) is 4.38. The van der Waals surface area contributed by atoms with Crippen molar-refractivity contribution in [3.63, 3.8) is 0 Å². The minimum atomic E-state index is -3.00. The first kappa shape index (κ1) is 10.4. The minimum absolute atomic E-state index is 0.0633. The zero-order valence-electron chi connectivity index (χ0n) is 8.35. The maximum atomic E-state index is 12.0. The highest BCUT2D eigenvalue weighted by Crippen LogP contribution is 2.27. The van der Waals surface area contributed by atoms with Gasteiger partial charge in [-0.2, -0.15) is 4.31 Å². The van der Waals surface area contributed by atoms with Gasteiger partial charge in [-0.15, -0.1) is 0 Å². The average Bonchev–Trinajstić information content (AvgIpc) is 2.14. The maximum absolute atomic E-state index is 12.0. The van der Waals surface area contributed by atoms with E-state index in [1.807, 2.05) is 0 Å². The van der Waals surface area contributed by atoms with E-state index in [-0.39, 0.29) is 11.3 Å². The van der Waals surface area contributed by atoms with Crippen LogP contribution in [0.15, 0.2) is 0 Å². The van der Waals surface area contributed by atoms with Crippen LogP contribution < -0.4 is 5.73 Å². The molecule has 2 N–H and O–H groups in total. The summed E-state index contributed by atoms with van der Waals surface area (Å²) in [4.78, 5) is 0. The molecule has 0 aromatic heterocycles. The lowest BCUT2D eigenvalue weighted by molar-refractivity contribution is 0.259. The van der Waals surface area contributed by atoms with Gasteiger partial charge in [0.15, 0.2) is 0 Å². The van der Waals surface area contributed by atoms with Gasteiger partial charge < -0.3 is 5.73 Å². The molecule has 0 aromatic rings. The van der Waals surface area contributed by atoms with Crippen molar-refractivity contribution in [1.29, 1.82) is 0 Å². The quantitative estimate of drug-likeness (QED) is 0.724. The molecule has 2 fully saturated rings. The zero-order valence-corrected chi connectivity index (χ0v) is 9.17. The van der Waals surface area contributed by atoms with Gasteiger partial charge in [0.25, 0.3) is 0 Å². The Balaban J connectivity index is 2.00. The lowest BCUT2D eigenvalue weighted by Gasteiger charge is -2.38. The van der Waals surface area contributed by atoms with Crippen LogP contribution in [0.2, 0.25) is 0 Å². The molecule has 82 valence electrons. The standard InChI is InChI=1S/C9H18N2O2S/c10-8-6-11(7-8)14(12,13)9-4-2-1-3-5-9/h8-9H,1-7,10H2. The van der Waals surface area contributed by atoms with Gasteiger partial charge >= 0.3 is 0 Å². The van der Waals surface area contributed by atoms with Crippen LogP contribution in [0, 0.1) is 0 Å². The van der Waals surface area contributed by atoms with Crippen molar-refractivity contribution in [3.8, 4) is 0 Å². The summed E-state index contributed by atoms with van der Waals surface area (Å²) in [5.41, 5.74) is 5.59. The molecule has 4 nitrogen and oxygen atoms in total. The second kappa shape index (κ2) is 3.79. The lowest BCUT2D eigenvalue weighted by atomic mass is 10.0. The third-order valence-corrected chi connectivity index (χ3v) is 5.54. The van der Waals surface area contributed by atoms with Crippen LogP contribution in [0.4, 0.5) is 0 Å². The highest BCUT2D eigenvalue weighted by atomic mass is 32.2. The highest BCUT2D eigenvalue weighted by molar-refractivity contribution is 7.89. The summed E-state index contributed by atoms with van der Waals surface area (Å²) >= 11 is 0. The first-order valence-electron chi connectivity index (χ1n) is 5.35. The highest BCUT2D eigenvalue weighted by Gasteiger charge is 2.38. The molecule has 1 heterocycles. The van der Waals surface area contributed by atoms with Gasteiger partial charge in [0, 0.05) is 19.1 Å². The van der Waals surface area contributed by atoms with Gasteiger partial charge in [-0.3, -0.25) is 0 Å². The molecule has 14 heavy (non-hydrogen) atoms. The molecule has 0 unspecified atom stereocenters. The number of rotatable bonds is 2. The van der Waals surface area contributed by atoms with Gasteiger partial charge in [-0.25, -0.2) is 8.42 Å². The van der Waals surface area contributed by atoms with E-state index in [0.717, 1.165) is 25.7 Å². The summed E-state index contributed by atoms with van der Waals surface area (Å²) in [5, 5.41) is -0.122. The molecular weight excluding hydrogens is 200 g/mol. The molecule has 0 amide bonds. The molecule has 0 bridgehead atoms. The van der Waals surface area contributed by atoms with Gasteiger partial charge in [-0.1, -0.05) is 19.3 Å². The monoisotopic (exact) mass is 218 g/mol. The number of sulfonamides is 1. The first-order chi connectivity index (χ1) is 6.60. The van der Waals surface area contributed by atoms with Crippen molar-refractivity contribution in [2.45, 2.75) is 43.4 Å². The van der Waals surface area contributed by atoms with Crippen LogP contribution in [-0.2, 0) is 10.0 Å². The van der Waals surface area contributed by atoms with Crippen molar-refractivity contribution < 1.29 is 8.42 Å². The second-order valence-corrected chi connectivity index (χ2v) is 6.60. The van der Waals surface area contributed by atoms with Crippen molar-refractivity contribution in [1.82, 2.24) is 4.31 Å². The predicted molar refractivity (Wildman–Crippen MR) is 55.3 cm³/mol. The fraction of sp³-hybridized carbons (Fsp3) is 1.00. The van der Waals surface area contributed by atoms with Crippen LogP contribution in [0.1, 0.15) is 32.1 Å². The first-order valence-corrected chi connectivity index (χ1v) is 6.85. The number of nitrogens with zero attached hydrogens (tertiary/aromatic N) is 1. The largest absolute Gasteiger partial charge is 0.325 e. The van der Waals surface area contributed by atoms with Crippen molar-refractivity contribution in [3.05, 3.63) is 0 Å². The molecule has 0 spiro atoms. The molecule has 1 aliphatic carbocycles. The average molecular weight is 218 g/mol. The topological polar surface area (TPSA) is 63.4 Å². The van der Waals surface area contributed by atoms with Crippen molar-refractivity contribution in [2.75, 3.05) is 13.1 Å². The summed E-state index contributed by atoms with van der Waals surface area (Å²) < 4.78 is 25.5. The Morgan fingerprint density at radius 3 is 2.14 bits per heavy atom. The van der Waals surface area contributed by atoms with E-state index < -0.39 is 10.0 Å². The Morgan fingerprint density at radius 1 is 1.07 bits per heavy atom. The molecule has 2 aliphatic rings. The van der Waals surface area contributed by atoms with Gasteiger partial charge in [0.05, 0.1) is 5.25 Å². The van der Waals surface area contributed by atoms with Crippen LogP contribution in [0.5, 0.6) is 0 Å². The third-order valence-electron chi connectivity index (χ3n) is 3.21. The van der Waals surface area contributed by atoms with E-state index in [9.17, 15) is 8.42 Å². The van der Waals surface area contributed by atoms with E-state index in [0.29, 0.717) is 13.1 Å². The minimum Gasteiger partial charge on any atom is -0.325 e. The number of hydrogen-bond acceptors (Lipinski definition) is 3. The van der Waals surface area contributed by atoms with E-state index in [4.69, 9.17) is 5.73 Å². The van der Waals surface area contributed by atoms with Crippen LogP contribution >= 0.6 is 0 Å². The normalized spacial score (nSPS) is 27.5. The molecule has 0 atom stereocenters. The molecule has 5 heteroatoms. The van der Waals surface area contributed by atoms with Gasteiger partial charge in [0.1, 0.15) is 0 Å². The summed E-state index contributed by atoms with van der Waals surface area (Å²) in [6.45, 7) is 1.05. The van der Waals surface area contributed by atoms with E-state index >= 15 is 0 Å². The van der Waals surface area contributed by atoms with E-state index in [1.54, 1.807) is 4.31 Å². The predicted octanol–water partition coefficient (Wildman–Crippen LogP) is 0.292. The van der Waals surface area contributed by atoms with Crippen molar-refractivity contribution >= 4 is 10.0 Å². The Kier molecular flexibility index (Phi) is 2.81. The van der Waals surface area contributed by atoms with E-state index in [1.165, 1.54) is 6.42 Å². The van der Waals surface area contributed by atoms with Gasteiger partial charge in [-0.05, 0) is 12.8 Å². The number of nitrogens with two attached hydrogens (primary N) is 1.